The molecule has 0 radical (unpaired) electrons. The molecule has 1 aromatic heterocycles. The Morgan fingerprint density at radius 1 is 1.19 bits per heavy atom. The van der Waals surface area contributed by atoms with Crippen LogP contribution in [0.25, 0.3) is 11.0 Å². The highest BCUT2D eigenvalue weighted by atomic mass is 35.5. The van der Waals surface area contributed by atoms with E-state index >= 15 is 0 Å². The number of aromatic nitrogens is 2. The van der Waals surface area contributed by atoms with E-state index in [4.69, 9.17) is 23.2 Å². The Morgan fingerprint density at radius 3 is 2.63 bits per heavy atom. The van der Waals surface area contributed by atoms with Gasteiger partial charge in [-0.05, 0) is 48.4 Å². The lowest BCUT2D eigenvalue weighted by atomic mass is 10.1. The first-order chi connectivity index (χ1) is 12.8. The summed E-state index contributed by atoms with van der Waals surface area (Å²) in [4.78, 5) is 18.6. The maximum Gasteiger partial charge on any atom is 0.225 e. The minimum absolute atomic E-state index is 0.0172. The minimum Gasteiger partial charge on any atom is -0.341 e. The summed E-state index contributed by atoms with van der Waals surface area (Å²) in [5.74, 6) is 1.02. The van der Waals surface area contributed by atoms with Crippen LogP contribution < -0.4 is 0 Å². The number of imidazole rings is 1. The van der Waals surface area contributed by atoms with E-state index in [0.29, 0.717) is 23.1 Å². The van der Waals surface area contributed by atoms with E-state index in [1.165, 1.54) is 0 Å². The molecular weight excluding hydrogens is 381 g/mol. The van der Waals surface area contributed by atoms with E-state index in [9.17, 15) is 4.79 Å². The lowest BCUT2D eigenvalue weighted by Gasteiger charge is -2.19. The van der Waals surface area contributed by atoms with Crippen LogP contribution in [0.3, 0.4) is 0 Å². The van der Waals surface area contributed by atoms with Crippen molar-refractivity contribution in [3.05, 3.63) is 63.4 Å². The molecule has 4 nitrogen and oxygen atoms in total. The molecule has 0 N–H and O–H groups in total. The van der Waals surface area contributed by atoms with Gasteiger partial charge in [-0.1, -0.05) is 43.1 Å². The second-order valence-electron chi connectivity index (χ2n) is 7.15. The van der Waals surface area contributed by atoms with E-state index in [1.807, 2.05) is 52.1 Å². The lowest BCUT2D eigenvalue weighted by molar-refractivity contribution is -0.133. The highest BCUT2D eigenvalue weighted by Crippen LogP contribution is 2.25. The van der Waals surface area contributed by atoms with Crippen molar-refractivity contribution in [2.45, 2.75) is 33.9 Å². The van der Waals surface area contributed by atoms with Crippen LogP contribution in [0.15, 0.2) is 36.4 Å². The van der Waals surface area contributed by atoms with E-state index in [1.54, 1.807) is 11.0 Å². The smallest absolute Gasteiger partial charge is 0.225 e. The third kappa shape index (κ3) is 4.28. The third-order valence-corrected chi connectivity index (χ3v) is 5.23. The molecule has 1 heterocycles. The van der Waals surface area contributed by atoms with Gasteiger partial charge in [0.1, 0.15) is 5.82 Å². The van der Waals surface area contributed by atoms with Gasteiger partial charge in [0, 0.05) is 29.6 Å². The fourth-order valence-electron chi connectivity index (χ4n) is 3.21. The summed E-state index contributed by atoms with van der Waals surface area (Å²) in [5.41, 5.74) is 3.96. The molecule has 0 atom stereocenters. The van der Waals surface area contributed by atoms with E-state index in [0.717, 1.165) is 28.0 Å². The number of rotatable bonds is 5. The Balaban J connectivity index is 1.95. The zero-order chi connectivity index (χ0) is 19.7. The third-order valence-electron chi connectivity index (χ3n) is 4.63. The lowest BCUT2D eigenvalue weighted by Crippen LogP contribution is -2.29. The normalized spacial score (nSPS) is 11.4. The van der Waals surface area contributed by atoms with Crippen LogP contribution in [0.2, 0.25) is 10.0 Å². The fraction of sp³-hybridized carbons (Fsp3) is 0.333. The topological polar surface area (TPSA) is 38.1 Å². The predicted octanol–water partition coefficient (Wildman–Crippen LogP) is 5.31. The predicted molar refractivity (Wildman–Crippen MR) is 111 cm³/mol. The Labute approximate surface area is 169 Å². The number of carbonyl (C=O) groups is 1. The molecule has 0 aliphatic carbocycles. The van der Waals surface area contributed by atoms with Crippen LogP contribution in [-0.4, -0.2) is 27.4 Å². The molecule has 0 spiro atoms. The van der Waals surface area contributed by atoms with Gasteiger partial charge in [0.15, 0.2) is 0 Å². The summed E-state index contributed by atoms with van der Waals surface area (Å²) in [6, 6.07) is 11.6. The average molecular weight is 404 g/mol. The van der Waals surface area contributed by atoms with Crippen molar-refractivity contribution in [3.8, 4) is 0 Å². The molecule has 6 heteroatoms. The zero-order valence-corrected chi connectivity index (χ0v) is 17.5. The zero-order valence-electron chi connectivity index (χ0n) is 16.0. The molecule has 3 rings (SSSR count). The van der Waals surface area contributed by atoms with Gasteiger partial charge < -0.3 is 9.47 Å². The van der Waals surface area contributed by atoms with Crippen molar-refractivity contribution in [2.75, 3.05) is 7.05 Å². The maximum atomic E-state index is 12.2. The quantitative estimate of drug-likeness (QED) is 0.578. The molecule has 0 unspecified atom stereocenters. The summed E-state index contributed by atoms with van der Waals surface area (Å²) in [7, 11) is 1.83. The molecule has 3 aromatic rings. The molecule has 0 saturated heterocycles. The number of hydrogen-bond donors (Lipinski definition) is 0. The summed E-state index contributed by atoms with van der Waals surface area (Å²) in [6.45, 7) is 6.96. The van der Waals surface area contributed by atoms with Gasteiger partial charge in [-0.3, -0.25) is 4.79 Å². The van der Waals surface area contributed by atoms with E-state index in [-0.39, 0.29) is 11.8 Å². The van der Waals surface area contributed by atoms with Crippen molar-refractivity contribution in [1.82, 2.24) is 14.5 Å². The van der Waals surface area contributed by atoms with Gasteiger partial charge in [0.05, 0.1) is 17.6 Å². The Morgan fingerprint density at radius 2 is 1.93 bits per heavy atom. The van der Waals surface area contributed by atoms with Gasteiger partial charge in [0.2, 0.25) is 5.91 Å². The molecule has 2 aromatic carbocycles. The van der Waals surface area contributed by atoms with Gasteiger partial charge in [-0.15, -0.1) is 0 Å². The van der Waals surface area contributed by atoms with Crippen LogP contribution in [0.1, 0.15) is 30.8 Å². The van der Waals surface area contributed by atoms with Crippen LogP contribution in [0.4, 0.5) is 0 Å². The highest BCUT2D eigenvalue weighted by Gasteiger charge is 2.15. The largest absolute Gasteiger partial charge is 0.341 e. The van der Waals surface area contributed by atoms with Gasteiger partial charge in [0.25, 0.3) is 0 Å². The number of halogens is 2. The number of hydrogen-bond acceptors (Lipinski definition) is 2. The molecule has 0 bridgehead atoms. The van der Waals surface area contributed by atoms with Gasteiger partial charge in [-0.25, -0.2) is 4.98 Å². The minimum atomic E-state index is -0.0172. The number of nitrogens with zero attached hydrogens (tertiary/aromatic N) is 3. The fourth-order valence-corrected chi connectivity index (χ4v) is 3.59. The first kappa shape index (κ1) is 19.7. The molecule has 142 valence electrons. The van der Waals surface area contributed by atoms with Crippen molar-refractivity contribution < 1.29 is 4.79 Å². The molecule has 0 saturated carbocycles. The van der Waals surface area contributed by atoms with Crippen LogP contribution in [-0.2, 0) is 17.9 Å². The molecule has 1 amide bonds. The number of aryl methyl sites for hydroxylation is 1. The first-order valence-electron chi connectivity index (χ1n) is 8.91. The average Bonchev–Trinajstić information content (AvgIpc) is 2.92. The Hall–Kier alpha value is -2.04. The SMILES string of the molecule is Cc1nc2ccc(CN(C)C(=O)C(C)C)cc2n1Cc1cc(Cl)ccc1Cl. The van der Waals surface area contributed by atoms with Crippen molar-refractivity contribution in [3.63, 3.8) is 0 Å². The number of benzene rings is 2. The van der Waals surface area contributed by atoms with Gasteiger partial charge in [-0.2, -0.15) is 0 Å². The van der Waals surface area contributed by atoms with Crippen molar-refractivity contribution >= 4 is 40.1 Å². The molecule has 0 fully saturated rings. The maximum absolute atomic E-state index is 12.2. The summed E-state index contributed by atoms with van der Waals surface area (Å²) in [5, 5.41) is 1.34. The monoisotopic (exact) mass is 403 g/mol. The summed E-state index contributed by atoms with van der Waals surface area (Å²) >= 11 is 12.5. The van der Waals surface area contributed by atoms with Crippen LogP contribution in [0, 0.1) is 12.8 Å². The van der Waals surface area contributed by atoms with Gasteiger partial charge >= 0.3 is 0 Å². The molecule has 27 heavy (non-hydrogen) atoms. The number of fused-ring (bicyclic) bond motifs is 1. The Kier molecular flexibility index (Phi) is 5.78. The van der Waals surface area contributed by atoms with Crippen molar-refractivity contribution in [1.29, 1.82) is 0 Å². The standard InChI is InChI=1S/C21H23Cl2N3O/c1-13(2)21(27)25(4)11-15-5-8-19-20(9-15)26(14(3)24-19)12-16-10-17(22)6-7-18(16)23/h5-10,13H,11-12H2,1-4H3. The highest BCUT2D eigenvalue weighted by molar-refractivity contribution is 6.33. The van der Waals surface area contributed by atoms with Crippen molar-refractivity contribution in [2.24, 2.45) is 5.92 Å². The number of amides is 1. The molecule has 0 aliphatic heterocycles. The molecule has 0 aliphatic rings. The van der Waals surface area contributed by atoms with E-state index < -0.39 is 0 Å². The van der Waals surface area contributed by atoms with E-state index in [2.05, 4.69) is 15.6 Å². The summed E-state index contributed by atoms with van der Waals surface area (Å²) < 4.78 is 2.13. The second kappa shape index (κ2) is 7.91. The summed E-state index contributed by atoms with van der Waals surface area (Å²) in [6.07, 6.45) is 0. The van der Waals surface area contributed by atoms with Crippen LogP contribution >= 0.6 is 23.2 Å². The Bertz CT molecular complexity index is 995. The number of carbonyl (C=O) groups excluding carboxylic acids is 1. The molecular formula is C21H23Cl2N3O. The first-order valence-corrected chi connectivity index (χ1v) is 9.66. The van der Waals surface area contributed by atoms with Crippen LogP contribution in [0.5, 0.6) is 0 Å². The second-order valence-corrected chi connectivity index (χ2v) is 8.00.